The van der Waals surface area contributed by atoms with E-state index in [4.69, 9.17) is 9.47 Å². The molecule has 0 bridgehead atoms. The quantitative estimate of drug-likeness (QED) is 0.544. The van der Waals surface area contributed by atoms with Gasteiger partial charge < -0.3 is 14.6 Å². The van der Waals surface area contributed by atoms with Crippen molar-refractivity contribution in [3.05, 3.63) is 84.4 Å². The summed E-state index contributed by atoms with van der Waals surface area (Å²) in [4.78, 5) is 23.9. The summed E-state index contributed by atoms with van der Waals surface area (Å²) in [6.07, 6.45) is -0.629. The largest absolute Gasteiger partial charge is 0.508 e. The number of aromatic hydroxyl groups is 1. The van der Waals surface area contributed by atoms with Crippen LogP contribution in [0.1, 0.15) is 10.4 Å². The number of ether oxygens (including phenoxy) is 2. The number of phenolic OH excluding ortho intramolecular Hbond substituents is 1. The predicted octanol–water partition coefficient (Wildman–Crippen LogP) is 4.22. The Labute approximate surface area is 149 Å². The highest BCUT2D eigenvalue weighted by molar-refractivity contribution is 5.92. The van der Waals surface area contributed by atoms with Gasteiger partial charge in [0, 0.05) is 5.69 Å². The molecule has 0 atom stereocenters. The minimum atomic E-state index is -0.629. The van der Waals surface area contributed by atoms with Crippen LogP contribution in [0.15, 0.2) is 78.9 Å². The van der Waals surface area contributed by atoms with E-state index in [1.165, 1.54) is 36.4 Å². The fraction of sp³-hybridized carbons (Fsp3) is 0. The van der Waals surface area contributed by atoms with Crippen molar-refractivity contribution in [1.82, 2.24) is 0 Å². The van der Waals surface area contributed by atoms with Gasteiger partial charge in [-0.25, -0.2) is 9.59 Å². The summed E-state index contributed by atoms with van der Waals surface area (Å²) in [6, 6.07) is 20.7. The van der Waals surface area contributed by atoms with E-state index in [0.29, 0.717) is 22.7 Å². The molecule has 0 saturated carbocycles. The van der Waals surface area contributed by atoms with E-state index >= 15 is 0 Å². The number of rotatable bonds is 4. The number of nitrogens with one attached hydrogen (secondary N) is 1. The van der Waals surface area contributed by atoms with Gasteiger partial charge in [-0.2, -0.15) is 0 Å². The van der Waals surface area contributed by atoms with Crippen molar-refractivity contribution in [3.8, 4) is 17.2 Å². The predicted molar refractivity (Wildman–Crippen MR) is 95.6 cm³/mol. The van der Waals surface area contributed by atoms with Crippen LogP contribution in [-0.4, -0.2) is 17.2 Å². The Bertz CT molecular complexity index is 890. The SMILES string of the molecule is O=C(Nc1ccc(C(=O)Oc2ccc(O)cc2)cc1)Oc1ccccc1. The minimum absolute atomic E-state index is 0.0858. The van der Waals surface area contributed by atoms with Crippen LogP contribution >= 0.6 is 0 Å². The Balaban J connectivity index is 1.58. The zero-order chi connectivity index (χ0) is 18.4. The van der Waals surface area contributed by atoms with Crippen LogP contribution < -0.4 is 14.8 Å². The Kier molecular flexibility index (Phi) is 5.14. The van der Waals surface area contributed by atoms with E-state index in [1.54, 1.807) is 36.4 Å². The van der Waals surface area contributed by atoms with Crippen molar-refractivity contribution in [2.75, 3.05) is 5.32 Å². The molecule has 3 rings (SSSR count). The summed E-state index contributed by atoms with van der Waals surface area (Å²) in [6.45, 7) is 0. The Morgan fingerprint density at radius 2 is 1.35 bits per heavy atom. The van der Waals surface area contributed by atoms with Gasteiger partial charge in [-0.3, -0.25) is 5.32 Å². The summed E-state index contributed by atoms with van der Waals surface area (Å²) in [7, 11) is 0. The number of esters is 1. The standard InChI is InChI=1S/C20H15NO5/c22-16-10-12-18(13-11-16)25-19(23)14-6-8-15(9-7-14)21-20(24)26-17-4-2-1-3-5-17/h1-13,22H,(H,21,24). The fourth-order valence-corrected chi connectivity index (χ4v) is 2.11. The minimum Gasteiger partial charge on any atom is -0.508 e. The molecule has 0 aliphatic heterocycles. The van der Waals surface area contributed by atoms with Gasteiger partial charge in [-0.15, -0.1) is 0 Å². The van der Waals surface area contributed by atoms with E-state index in [2.05, 4.69) is 5.32 Å². The third-order valence-corrected chi connectivity index (χ3v) is 3.37. The van der Waals surface area contributed by atoms with E-state index < -0.39 is 12.1 Å². The maximum Gasteiger partial charge on any atom is 0.417 e. The van der Waals surface area contributed by atoms with Crippen LogP contribution in [-0.2, 0) is 0 Å². The number of para-hydroxylation sites is 1. The normalized spacial score (nSPS) is 10.0. The lowest BCUT2D eigenvalue weighted by molar-refractivity contribution is 0.0734. The molecule has 0 aliphatic rings. The molecule has 26 heavy (non-hydrogen) atoms. The van der Waals surface area contributed by atoms with Gasteiger partial charge in [0.2, 0.25) is 0 Å². The van der Waals surface area contributed by atoms with Crippen molar-refractivity contribution in [2.24, 2.45) is 0 Å². The number of phenols is 1. The third kappa shape index (κ3) is 4.61. The zero-order valence-electron chi connectivity index (χ0n) is 13.6. The highest BCUT2D eigenvalue weighted by Gasteiger charge is 2.10. The maximum atomic E-state index is 12.1. The topological polar surface area (TPSA) is 84.9 Å². The van der Waals surface area contributed by atoms with Gasteiger partial charge in [0.15, 0.2) is 0 Å². The number of benzene rings is 3. The monoisotopic (exact) mass is 349 g/mol. The van der Waals surface area contributed by atoms with Gasteiger partial charge in [0.05, 0.1) is 5.56 Å². The number of carbonyl (C=O) groups excluding carboxylic acids is 2. The first-order valence-electron chi connectivity index (χ1n) is 7.75. The molecule has 6 nitrogen and oxygen atoms in total. The summed E-state index contributed by atoms with van der Waals surface area (Å²) < 4.78 is 10.3. The molecule has 0 spiro atoms. The third-order valence-electron chi connectivity index (χ3n) is 3.37. The van der Waals surface area contributed by atoms with Crippen LogP contribution in [0.5, 0.6) is 17.2 Å². The lowest BCUT2D eigenvalue weighted by Gasteiger charge is -2.08. The first-order valence-corrected chi connectivity index (χ1v) is 7.75. The lowest BCUT2D eigenvalue weighted by Crippen LogP contribution is -2.16. The number of hydrogen-bond acceptors (Lipinski definition) is 5. The van der Waals surface area contributed by atoms with E-state index in [0.717, 1.165) is 0 Å². The van der Waals surface area contributed by atoms with Crippen LogP contribution in [0, 0.1) is 0 Å². The highest BCUT2D eigenvalue weighted by atomic mass is 16.6. The first-order chi connectivity index (χ1) is 12.6. The van der Waals surface area contributed by atoms with Crippen LogP contribution in [0.2, 0.25) is 0 Å². The molecule has 0 heterocycles. The van der Waals surface area contributed by atoms with E-state index in [9.17, 15) is 14.7 Å². The number of amides is 1. The van der Waals surface area contributed by atoms with Gasteiger partial charge >= 0.3 is 12.1 Å². The molecule has 3 aromatic rings. The molecule has 0 saturated heterocycles. The first kappa shape index (κ1) is 17.0. The van der Waals surface area contributed by atoms with Gasteiger partial charge in [0.25, 0.3) is 0 Å². The number of anilines is 1. The van der Waals surface area contributed by atoms with Gasteiger partial charge in [0.1, 0.15) is 17.2 Å². The molecule has 6 heteroatoms. The van der Waals surface area contributed by atoms with E-state index in [-0.39, 0.29) is 5.75 Å². The van der Waals surface area contributed by atoms with Gasteiger partial charge in [-0.05, 0) is 60.7 Å². The van der Waals surface area contributed by atoms with Crippen molar-refractivity contribution >= 4 is 17.7 Å². The van der Waals surface area contributed by atoms with Crippen molar-refractivity contribution < 1.29 is 24.2 Å². The van der Waals surface area contributed by atoms with Crippen LogP contribution in [0.25, 0.3) is 0 Å². The second-order valence-corrected chi connectivity index (χ2v) is 5.29. The fourth-order valence-electron chi connectivity index (χ4n) is 2.11. The molecule has 0 unspecified atom stereocenters. The van der Waals surface area contributed by atoms with Crippen molar-refractivity contribution in [2.45, 2.75) is 0 Å². The Morgan fingerprint density at radius 3 is 2.00 bits per heavy atom. The number of hydrogen-bond donors (Lipinski definition) is 2. The lowest BCUT2D eigenvalue weighted by atomic mass is 10.2. The van der Waals surface area contributed by atoms with Gasteiger partial charge in [-0.1, -0.05) is 18.2 Å². The molecule has 0 aromatic heterocycles. The molecular weight excluding hydrogens is 334 g/mol. The second-order valence-electron chi connectivity index (χ2n) is 5.29. The molecule has 130 valence electrons. The molecular formula is C20H15NO5. The number of carbonyl (C=O) groups is 2. The Morgan fingerprint density at radius 1 is 0.731 bits per heavy atom. The van der Waals surface area contributed by atoms with Crippen molar-refractivity contribution in [1.29, 1.82) is 0 Å². The molecule has 0 fully saturated rings. The summed E-state index contributed by atoms with van der Waals surface area (Å²) in [5.74, 6) is 0.289. The molecule has 0 aliphatic carbocycles. The summed E-state index contributed by atoms with van der Waals surface area (Å²) in [5, 5.41) is 11.8. The molecule has 3 aromatic carbocycles. The summed E-state index contributed by atoms with van der Waals surface area (Å²) >= 11 is 0. The highest BCUT2D eigenvalue weighted by Crippen LogP contribution is 2.18. The Hall–Kier alpha value is -3.80. The van der Waals surface area contributed by atoms with Crippen LogP contribution in [0.3, 0.4) is 0 Å². The molecule has 2 N–H and O–H groups in total. The smallest absolute Gasteiger partial charge is 0.417 e. The van der Waals surface area contributed by atoms with E-state index in [1.807, 2.05) is 6.07 Å². The maximum absolute atomic E-state index is 12.1. The molecule has 1 amide bonds. The van der Waals surface area contributed by atoms with Crippen LogP contribution in [0.4, 0.5) is 10.5 Å². The summed E-state index contributed by atoms with van der Waals surface area (Å²) in [5.41, 5.74) is 0.798. The second kappa shape index (κ2) is 7.85. The zero-order valence-corrected chi connectivity index (χ0v) is 13.6. The molecule has 0 radical (unpaired) electrons. The van der Waals surface area contributed by atoms with Crippen molar-refractivity contribution in [3.63, 3.8) is 0 Å². The average Bonchev–Trinajstić information content (AvgIpc) is 2.65. The average molecular weight is 349 g/mol.